The zero-order valence-corrected chi connectivity index (χ0v) is 22.8. The van der Waals surface area contributed by atoms with Crippen LogP contribution in [0.4, 0.5) is 18.9 Å². The number of aromatic nitrogens is 3. The number of H-pyrrole nitrogens is 1. The van der Waals surface area contributed by atoms with Crippen LogP contribution in [0.25, 0.3) is 11.5 Å². The number of alkyl halides is 3. The number of morpholine rings is 1. The number of nitrogens with zero attached hydrogens (tertiary/aromatic N) is 3. The maximum Gasteiger partial charge on any atom is 0.417 e. The predicted octanol–water partition coefficient (Wildman–Crippen LogP) is 5.98. The molecule has 1 saturated heterocycles. The second-order valence-electron chi connectivity index (χ2n) is 9.42. The number of aromatic amines is 1. The maximum atomic E-state index is 13.1. The summed E-state index contributed by atoms with van der Waals surface area (Å²) in [6, 6.07) is 13.7. The highest BCUT2D eigenvalue weighted by Crippen LogP contribution is 2.36. The molecule has 2 amide bonds. The first-order chi connectivity index (χ1) is 20.2. The number of amides is 2. The summed E-state index contributed by atoms with van der Waals surface area (Å²) < 4.78 is 50.6. The van der Waals surface area contributed by atoms with Gasteiger partial charge in [-0.3, -0.25) is 14.6 Å². The fourth-order valence-electron chi connectivity index (χ4n) is 4.30. The van der Waals surface area contributed by atoms with E-state index in [1.807, 2.05) is 6.07 Å². The lowest BCUT2D eigenvalue weighted by molar-refractivity contribution is -0.137. The van der Waals surface area contributed by atoms with Gasteiger partial charge < -0.3 is 24.7 Å². The van der Waals surface area contributed by atoms with Crippen LogP contribution in [0.2, 0.25) is 5.02 Å². The molecule has 0 radical (unpaired) electrons. The van der Waals surface area contributed by atoms with Crippen LogP contribution in [0.5, 0.6) is 11.5 Å². The number of rotatable bonds is 8. The number of aryl methyl sites for hydroxylation is 1. The topological polar surface area (TPSA) is 109 Å². The van der Waals surface area contributed by atoms with Crippen molar-refractivity contribution in [1.29, 1.82) is 0 Å². The van der Waals surface area contributed by atoms with Crippen LogP contribution in [0.15, 0.2) is 67.0 Å². The first-order valence-electron chi connectivity index (χ1n) is 13.0. The van der Waals surface area contributed by atoms with Gasteiger partial charge in [0.25, 0.3) is 5.91 Å². The molecule has 4 aromatic rings. The molecule has 0 spiro atoms. The minimum atomic E-state index is -4.63. The summed E-state index contributed by atoms with van der Waals surface area (Å²) in [7, 11) is 0. The Bertz CT molecular complexity index is 1590. The number of carbonyl (C=O) groups is 2. The van der Waals surface area contributed by atoms with E-state index in [0.29, 0.717) is 61.4 Å². The van der Waals surface area contributed by atoms with E-state index in [2.05, 4.69) is 20.3 Å². The zero-order valence-electron chi connectivity index (χ0n) is 22.1. The zero-order chi connectivity index (χ0) is 29.7. The fraction of sp³-hybridized carbons (Fsp3) is 0.241. The van der Waals surface area contributed by atoms with Crippen molar-refractivity contribution in [2.24, 2.45) is 0 Å². The van der Waals surface area contributed by atoms with Crippen LogP contribution in [0.1, 0.15) is 28.0 Å². The van der Waals surface area contributed by atoms with E-state index >= 15 is 0 Å². The highest BCUT2D eigenvalue weighted by Gasteiger charge is 2.33. The number of halogens is 4. The second kappa shape index (κ2) is 12.6. The lowest BCUT2D eigenvalue weighted by Crippen LogP contribution is -2.40. The van der Waals surface area contributed by atoms with Crippen molar-refractivity contribution in [2.45, 2.75) is 19.0 Å². The Hall–Kier alpha value is -4.42. The Balaban J connectivity index is 1.19. The highest BCUT2D eigenvalue weighted by atomic mass is 35.5. The lowest BCUT2D eigenvalue weighted by atomic mass is 10.1. The number of ether oxygens (including phenoxy) is 2. The Morgan fingerprint density at radius 3 is 2.62 bits per heavy atom. The van der Waals surface area contributed by atoms with Gasteiger partial charge in [-0.1, -0.05) is 23.7 Å². The molecule has 5 rings (SSSR count). The van der Waals surface area contributed by atoms with Crippen molar-refractivity contribution in [1.82, 2.24) is 19.9 Å². The van der Waals surface area contributed by atoms with Crippen LogP contribution in [0, 0.1) is 0 Å². The van der Waals surface area contributed by atoms with E-state index in [-0.39, 0.29) is 18.0 Å². The lowest BCUT2D eigenvalue weighted by Gasteiger charge is -2.26. The van der Waals surface area contributed by atoms with Gasteiger partial charge in [0.1, 0.15) is 22.9 Å². The number of imidazole rings is 1. The van der Waals surface area contributed by atoms with Crippen molar-refractivity contribution in [2.75, 3.05) is 31.6 Å². The van der Waals surface area contributed by atoms with E-state index in [0.717, 1.165) is 17.7 Å². The Morgan fingerprint density at radius 2 is 1.83 bits per heavy atom. The molecule has 218 valence electrons. The van der Waals surface area contributed by atoms with Crippen molar-refractivity contribution < 1.29 is 32.2 Å². The number of benzene rings is 2. The van der Waals surface area contributed by atoms with E-state index in [1.54, 1.807) is 41.4 Å². The molecule has 0 bridgehead atoms. The number of pyridine rings is 1. The molecular weight excluding hydrogens is 575 g/mol. The molecule has 3 heterocycles. The smallest absolute Gasteiger partial charge is 0.417 e. The first-order valence-corrected chi connectivity index (χ1v) is 13.4. The first kappa shape index (κ1) is 29.1. The van der Waals surface area contributed by atoms with Gasteiger partial charge in [0.2, 0.25) is 5.91 Å². The molecule has 0 saturated carbocycles. The molecule has 42 heavy (non-hydrogen) atoms. The van der Waals surface area contributed by atoms with E-state index in [4.69, 9.17) is 21.1 Å². The molecule has 1 aliphatic rings. The Labute approximate surface area is 243 Å². The Morgan fingerprint density at radius 1 is 1.05 bits per heavy atom. The summed E-state index contributed by atoms with van der Waals surface area (Å²) in [6.07, 6.45) is -1.22. The van der Waals surface area contributed by atoms with Crippen molar-refractivity contribution in [3.05, 3.63) is 88.8 Å². The van der Waals surface area contributed by atoms with Gasteiger partial charge in [-0.05, 0) is 48.4 Å². The molecule has 1 aliphatic heterocycles. The summed E-state index contributed by atoms with van der Waals surface area (Å²) in [5.41, 5.74) is 0.628. The summed E-state index contributed by atoms with van der Waals surface area (Å²) in [5, 5.41) is 2.04. The quantitative estimate of drug-likeness (QED) is 0.258. The minimum Gasteiger partial charge on any atom is -0.457 e. The van der Waals surface area contributed by atoms with Crippen LogP contribution >= 0.6 is 11.6 Å². The van der Waals surface area contributed by atoms with Crippen LogP contribution in [-0.2, 0) is 22.1 Å². The highest BCUT2D eigenvalue weighted by molar-refractivity contribution is 6.31. The SMILES string of the molecule is O=C(CCc1cccc(Oc2ccnc(-c3ncc(C(=O)N4CCOCC4)[nH]3)c2)c1)Nc1ccc(Cl)c(C(F)(F)F)c1. The largest absolute Gasteiger partial charge is 0.457 e. The summed E-state index contributed by atoms with van der Waals surface area (Å²) in [4.78, 5) is 38.5. The van der Waals surface area contributed by atoms with Gasteiger partial charge in [0.05, 0.1) is 30.0 Å². The molecule has 0 atom stereocenters. The van der Waals surface area contributed by atoms with Gasteiger partial charge in [0.15, 0.2) is 5.82 Å². The third kappa shape index (κ3) is 7.25. The number of hydrogen-bond donors (Lipinski definition) is 2. The average Bonchev–Trinajstić information content (AvgIpc) is 3.48. The standard InChI is InChI=1S/C29H25ClF3N5O4/c30-23-6-5-19(15-22(23)29(31,32)33)36-26(39)7-4-18-2-1-3-20(14-18)42-21-8-9-34-24(16-21)27-35-17-25(37-27)28(40)38-10-12-41-13-11-38/h1-3,5-6,8-9,14-17H,4,7,10-13H2,(H,35,37)(H,36,39). The summed E-state index contributed by atoms with van der Waals surface area (Å²) >= 11 is 5.64. The minimum absolute atomic E-state index is 0.0106. The van der Waals surface area contributed by atoms with E-state index in [1.165, 1.54) is 12.3 Å². The molecule has 2 N–H and O–H groups in total. The Kier molecular flexibility index (Phi) is 8.74. The molecule has 0 unspecified atom stereocenters. The summed E-state index contributed by atoms with van der Waals surface area (Å²) in [6.45, 7) is 2.03. The van der Waals surface area contributed by atoms with Crippen molar-refractivity contribution >= 4 is 29.1 Å². The van der Waals surface area contributed by atoms with Gasteiger partial charge >= 0.3 is 6.18 Å². The number of hydrogen-bond acceptors (Lipinski definition) is 6. The summed E-state index contributed by atoms with van der Waals surface area (Å²) in [5.74, 6) is 0.810. The monoisotopic (exact) mass is 599 g/mol. The van der Waals surface area contributed by atoms with E-state index < -0.39 is 22.7 Å². The second-order valence-corrected chi connectivity index (χ2v) is 9.82. The predicted molar refractivity (Wildman–Crippen MR) is 148 cm³/mol. The average molecular weight is 600 g/mol. The molecule has 0 aliphatic carbocycles. The molecule has 2 aromatic carbocycles. The molecule has 2 aromatic heterocycles. The van der Waals surface area contributed by atoms with Gasteiger partial charge in [0, 0.05) is 37.5 Å². The fourth-order valence-corrected chi connectivity index (χ4v) is 4.53. The number of carbonyl (C=O) groups excluding carboxylic acids is 2. The van der Waals surface area contributed by atoms with Crippen molar-refractivity contribution in [3.63, 3.8) is 0 Å². The van der Waals surface area contributed by atoms with Gasteiger partial charge in [-0.15, -0.1) is 0 Å². The normalized spacial score (nSPS) is 13.6. The number of anilines is 1. The van der Waals surface area contributed by atoms with Crippen LogP contribution < -0.4 is 10.1 Å². The van der Waals surface area contributed by atoms with Gasteiger partial charge in [-0.25, -0.2) is 4.98 Å². The maximum absolute atomic E-state index is 13.1. The van der Waals surface area contributed by atoms with Crippen LogP contribution in [0.3, 0.4) is 0 Å². The molecule has 13 heteroatoms. The van der Waals surface area contributed by atoms with E-state index in [9.17, 15) is 22.8 Å². The van der Waals surface area contributed by atoms with Gasteiger partial charge in [-0.2, -0.15) is 13.2 Å². The molecular formula is C29H25ClF3N5O4. The number of nitrogens with one attached hydrogen (secondary N) is 2. The van der Waals surface area contributed by atoms with Crippen LogP contribution in [-0.4, -0.2) is 58.0 Å². The molecule has 1 fully saturated rings. The molecule has 9 nitrogen and oxygen atoms in total. The van der Waals surface area contributed by atoms with Crippen molar-refractivity contribution in [3.8, 4) is 23.0 Å². The third-order valence-corrected chi connectivity index (χ3v) is 6.74. The third-order valence-electron chi connectivity index (χ3n) is 6.41.